The zero-order valence-corrected chi connectivity index (χ0v) is 7.13. The van der Waals surface area contributed by atoms with Crippen LogP contribution in [0.2, 0.25) is 0 Å². The topological polar surface area (TPSA) is 43.4 Å². The smallest absolute Gasteiger partial charge is 0.320 e. The number of hydrogen-bond donors (Lipinski definition) is 0. The third kappa shape index (κ3) is 0.958. The van der Waals surface area contributed by atoms with Gasteiger partial charge >= 0.3 is 11.9 Å². The molecule has 1 aliphatic carbocycles. The zero-order chi connectivity index (χ0) is 8.77. The Hall–Kier alpha value is -0.860. The number of ether oxygens (including phenoxy) is 1. The van der Waals surface area contributed by atoms with Gasteiger partial charge in [-0.15, -0.1) is 0 Å². The van der Waals surface area contributed by atoms with Crippen LogP contribution in [0.5, 0.6) is 0 Å². The van der Waals surface area contributed by atoms with E-state index in [1.54, 1.807) is 0 Å². The zero-order valence-electron chi connectivity index (χ0n) is 7.13. The SMILES string of the molecule is CC1CCC2(CC(=O)OC2=O)C1. The van der Waals surface area contributed by atoms with Crippen LogP contribution in [0.15, 0.2) is 0 Å². The fraction of sp³-hybridized carbons (Fsp3) is 0.778. The van der Waals surface area contributed by atoms with Crippen molar-refractivity contribution in [2.75, 3.05) is 0 Å². The lowest BCUT2D eigenvalue weighted by molar-refractivity contribution is -0.155. The molecular formula is C9H12O3. The van der Waals surface area contributed by atoms with Crippen molar-refractivity contribution in [3.8, 4) is 0 Å². The number of hydrogen-bond acceptors (Lipinski definition) is 3. The Bertz CT molecular complexity index is 246. The van der Waals surface area contributed by atoms with E-state index in [2.05, 4.69) is 11.7 Å². The lowest BCUT2D eigenvalue weighted by atomic mass is 9.84. The van der Waals surface area contributed by atoms with Crippen molar-refractivity contribution in [1.29, 1.82) is 0 Å². The van der Waals surface area contributed by atoms with E-state index in [1.807, 2.05) is 0 Å². The maximum Gasteiger partial charge on any atom is 0.320 e. The quantitative estimate of drug-likeness (QED) is 0.404. The van der Waals surface area contributed by atoms with E-state index < -0.39 is 5.41 Å². The highest BCUT2D eigenvalue weighted by Crippen LogP contribution is 2.48. The molecule has 0 N–H and O–H groups in total. The van der Waals surface area contributed by atoms with Gasteiger partial charge in [0.05, 0.1) is 11.8 Å². The van der Waals surface area contributed by atoms with E-state index >= 15 is 0 Å². The molecule has 1 heterocycles. The highest BCUT2D eigenvalue weighted by Gasteiger charge is 2.52. The number of carbonyl (C=O) groups excluding carboxylic acids is 2. The van der Waals surface area contributed by atoms with Crippen LogP contribution in [-0.2, 0) is 14.3 Å². The van der Waals surface area contributed by atoms with Crippen LogP contribution in [-0.4, -0.2) is 11.9 Å². The Morgan fingerprint density at radius 1 is 1.50 bits per heavy atom. The highest BCUT2D eigenvalue weighted by molar-refractivity contribution is 5.97. The van der Waals surface area contributed by atoms with Gasteiger partial charge in [0.15, 0.2) is 0 Å². The predicted molar refractivity (Wildman–Crippen MR) is 41.2 cm³/mol. The molecule has 2 fully saturated rings. The molecule has 2 atom stereocenters. The Kier molecular flexibility index (Phi) is 1.50. The molecule has 2 rings (SSSR count). The van der Waals surface area contributed by atoms with Gasteiger partial charge in [0.1, 0.15) is 0 Å². The largest absolute Gasteiger partial charge is 0.393 e. The van der Waals surface area contributed by atoms with Crippen molar-refractivity contribution in [1.82, 2.24) is 0 Å². The van der Waals surface area contributed by atoms with Crippen LogP contribution in [0.4, 0.5) is 0 Å². The Labute approximate surface area is 71.1 Å². The third-order valence-electron chi connectivity index (χ3n) is 2.98. The summed E-state index contributed by atoms with van der Waals surface area (Å²) in [6, 6.07) is 0. The van der Waals surface area contributed by atoms with Crippen LogP contribution >= 0.6 is 0 Å². The molecule has 3 heteroatoms. The van der Waals surface area contributed by atoms with Gasteiger partial charge in [-0.1, -0.05) is 6.92 Å². The first-order chi connectivity index (χ1) is 5.62. The fourth-order valence-electron chi connectivity index (χ4n) is 2.34. The predicted octanol–water partition coefficient (Wildman–Crippen LogP) is 1.27. The monoisotopic (exact) mass is 168 g/mol. The average molecular weight is 168 g/mol. The van der Waals surface area contributed by atoms with Gasteiger partial charge < -0.3 is 4.74 Å². The molecule has 0 bridgehead atoms. The number of cyclic esters (lactones) is 2. The van der Waals surface area contributed by atoms with Gasteiger partial charge in [0.2, 0.25) is 0 Å². The first-order valence-electron chi connectivity index (χ1n) is 4.37. The van der Waals surface area contributed by atoms with Crippen molar-refractivity contribution >= 4 is 11.9 Å². The standard InChI is InChI=1S/C9H12O3/c1-6-2-3-9(4-6)5-7(10)12-8(9)11/h6H,2-5H2,1H3. The molecule has 3 nitrogen and oxygen atoms in total. The molecule has 0 aromatic carbocycles. The number of carbonyl (C=O) groups is 2. The summed E-state index contributed by atoms with van der Waals surface area (Å²) in [6.07, 6.45) is 3.02. The Balaban J connectivity index is 2.22. The fourth-order valence-corrected chi connectivity index (χ4v) is 2.34. The van der Waals surface area contributed by atoms with Gasteiger partial charge in [-0.3, -0.25) is 9.59 Å². The summed E-state index contributed by atoms with van der Waals surface area (Å²) < 4.78 is 4.57. The van der Waals surface area contributed by atoms with Crippen LogP contribution < -0.4 is 0 Å². The van der Waals surface area contributed by atoms with Crippen LogP contribution in [0.3, 0.4) is 0 Å². The average Bonchev–Trinajstić information content (AvgIpc) is 2.43. The van der Waals surface area contributed by atoms with E-state index in [9.17, 15) is 9.59 Å². The molecular weight excluding hydrogens is 156 g/mol. The van der Waals surface area contributed by atoms with Crippen molar-refractivity contribution in [2.24, 2.45) is 11.3 Å². The van der Waals surface area contributed by atoms with Crippen molar-refractivity contribution in [3.63, 3.8) is 0 Å². The van der Waals surface area contributed by atoms with Crippen LogP contribution in [0.25, 0.3) is 0 Å². The second-order valence-corrected chi connectivity index (χ2v) is 4.07. The molecule has 1 saturated carbocycles. The molecule has 2 aliphatic rings. The van der Waals surface area contributed by atoms with E-state index in [1.165, 1.54) is 0 Å². The van der Waals surface area contributed by atoms with Gasteiger partial charge in [0, 0.05) is 0 Å². The second kappa shape index (κ2) is 2.31. The number of rotatable bonds is 0. The molecule has 0 aromatic heterocycles. The van der Waals surface area contributed by atoms with Gasteiger partial charge in [-0.25, -0.2) is 0 Å². The van der Waals surface area contributed by atoms with Crippen molar-refractivity contribution < 1.29 is 14.3 Å². The molecule has 1 spiro atoms. The van der Waals surface area contributed by atoms with Crippen LogP contribution in [0, 0.1) is 11.3 Å². The molecule has 0 aromatic rings. The highest BCUT2D eigenvalue weighted by atomic mass is 16.6. The third-order valence-corrected chi connectivity index (χ3v) is 2.98. The van der Waals surface area contributed by atoms with Gasteiger partial charge in [-0.2, -0.15) is 0 Å². The van der Waals surface area contributed by atoms with Gasteiger partial charge in [-0.05, 0) is 25.2 Å². The summed E-state index contributed by atoms with van der Waals surface area (Å²) in [4.78, 5) is 22.2. The molecule has 12 heavy (non-hydrogen) atoms. The van der Waals surface area contributed by atoms with E-state index in [4.69, 9.17) is 0 Å². The first kappa shape index (κ1) is 7.77. The molecule has 66 valence electrons. The molecule has 1 saturated heterocycles. The minimum absolute atomic E-state index is 0.281. The molecule has 0 radical (unpaired) electrons. The summed E-state index contributed by atoms with van der Waals surface area (Å²) in [5, 5.41) is 0. The van der Waals surface area contributed by atoms with Crippen molar-refractivity contribution in [3.05, 3.63) is 0 Å². The first-order valence-corrected chi connectivity index (χ1v) is 4.37. The second-order valence-electron chi connectivity index (χ2n) is 4.07. The van der Waals surface area contributed by atoms with E-state index in [-0.39, 0.29) is 11.9 Å². The summed E-state index contributed by atoms with van der Waals surface area (Å²) in [6.45, 7) is 2.12. The lowest BCUT2D eigenvalue weighted by Gasteiger charge is -2.14. The van der Waals surface area contributed by atoms with E-state index in [0.717, 1.165) is 19.3 Å². The lowest BCUT2D eigenvalue weighted by Crippen LogP contribution is -2.22. The molecule has 0 amide bonds. The molecule has 1 aliphatic heterocycles. The minimum atomic E-state index is -0.420. The Morgan fingerprint density at radius 3 is 2.67 bits per heavy atom. The summed E-state index contributed by atoms with van der Waals surface area (Å²) in [7, 11) is 0. The maximum atomic E-state index is 11.3. The summed E-state index contributed by atoms with van der Waals surface area (Å²) >= 11 is 0. The van der Waals surface area contributed by atoms with Crippen molar-refractivity contribution in [2.45, 2.75) is 32.6 Å². The molecule has 2 unspecified atom stereocenters. The van der Waals surface area contributed by atoms with Gasteiger partial charge in [0.25, 0.3) is 0 Å². The van der Waals surface area contributed by atoms with E-state index in [0.29, 0.717) is 12.3 Å². The summed E-state index contributed by atoms with van der Waals surface area (Å²) in [5.41, 5.74) is -0.420. The van der Waals surface area contributed by atoms with Crippen LogP contribution in [0.1, 0.15) is 32.6 Å². The number of esters is 2. The Morgan fingerprint density at radius 2 is 2.25 bits per heavy atom. The maximum absolute atomic E-state index is 11.3. The minimum Gasteiger partial charge on any atom is -0.393 e. The normalized spacial score (nSPS) is 40.9. The summed E-state index contributed by atoms with van der Waals surface area (Å²) in [5.74, 6) is -0.0607.